The number of ether oxygens (including phenoxy) is 1. The minimum Gasteiger partial charge on any atom is -0.398 e. The number of aromatic nitrogens is 3. The van der Waals surface area contributed by atoms with E-state index in [0.29, 0.717) is 42.2 Å². The van der Waals surface area contributed by atoms with Crippen molar-refractivity contribution in [3.63, 3.8) is 0 Å². The molecule has 0 spiro atoms. The van der Waals surface area contributed by atoms with Crippen LogP contribution in [0.15, 0.2) is 36.4 Å². The van der Waals surface area contributed by atoms with Gasteiger partial charge in [0.05, 0.1) is 12.6 Å². The maximum Gasteiger partial charge on any atom is 0.251 e. The van der Waals surface area contributed by atoms with E-state index in [9.17, 15) is 4.79 Å². The first-order valence-electron chi connectivity index (χ1n) is 11.1. The van der Waals surface area contributed by atoms with Crippen molar-refractivity contribution in [3.8, 4) is 11.4 Å². The maximum atomic E-state index is 12.4. The summed E-state index contributed by atoms with van der Waals surface area (Å²) in [4.78, 5) is 17.1. The number of anilines is 3. The molecule has 33 heavy (non-hydrogen) atoms. The second-order valence-corrected chi connectivity index (χ2v) is 8.57. The molecule has 1 aromatic heterocycles. The Kier molecular flexibility index (Phi) is 5.55. The number of nitrogen functional groups attached to an aromatic ring is 1. The molecule has 2 heterocycles. The Balaban J connectivity index is 1.35. The number of benzene rings is 2. The van der Waals surface area contributed by atoms with Crippen molar-refractivity contribution in [2.75, 3.05) is 24.3 Å². The lowest BCUT2D eigenvalue weighted by Gasteiger charge is -2.15. The highest BCUT2D eigenvalue weighted by Crippen LogP contribution is 2.46. The third kappa shape index (κ3) is 4.31. The van der Waals surface area contributed by atoms with Crippen molar-refractivity contribution >= 4 is 29.4 Å². The third-order valence-corrected chi connectivity index (χ3v) is 6.13. The summed E-state index contributed by atoms with van der Waals surface area (Å²) in [6, 6.07) is 11.1. The van der Waals surface area contributed by atoms with E-state index in [1.54, 1.807) is 16.8 Å². The van der Waals surface area contributed by atoms with Crippen LogP contribution in [0.4, 0.5) is 17.3 Å². The number of nitrogens with two attached hydrogens (primary N) is 1. The van der Waals surface area contributed by atoms with Crippen LogP contribution >= 0.6 is 0 Å². The Labute approximate surface area is 191 Å². The monoisotopic (exact) mass is 445 g/mol. The van der Waals surface area contributed by atoms with E-state index in [1.165, 1.54) is 6.21 Å². The molecule has 5 N–H and O–H groups in total. The normalized spacial score (nSPS) is 17.7. The van der Waals surface area contributed by atoms with Crippen molar-refractivity contribution in [2.45, 2.75) is 31.2 Å². The van der Waals surface area contributed by atoms with Gasteiger partial charge in [0.25, 0.3) is 5.91 Å². The van der Waals surface area contributed by atoms with E-state index in [-0.39, 0.29) is 11.9 Å². The fourth-order valence-electron chi connectivity index (χ4n) is 4.16. The van der Waals surface area contributed by atoms with Gasteiger partial charge in [0.2, 0.25) is 5.95 Å². The Bertz CT molecular complexity index is 1190. The summed E-state index contributed by atoms with van der Waals surface area (Å²) in [6.45, 7) is 1.25. The van der Waals surface area contributed by atoms with Gasteiger partial charge in [-0.1, -0.05) is 12.1 Å². The van der Waals surface area contributed by atoms with Gasteiger partial charge in [-0.15, -0.1) is 5.10 Å². The van der Waals surface area contributed by atoms with Crippen LogP contribution in [-0.2, 0) is 11.8 Å². The minimum atomic E-state index is -0.105. The molecule has 2 aliphatic rings. The predicted molar refractivity (Wildman–Crippen MR) is 127 cm³/mol. The highest BCUT2D eigenvalue weighted by molar-refractivity contribution is 5.95. The fourth-order valence-corrected chi connectivity index (χ4v) is 4.16. The summed E-state index contributed by atoms with van der Waals surface area (Å²) in [6.07, 6.45) is 4.36. The molecule has 1 saturated heterocycles. The van der Waals surface area contributed by atoms with E-state index in [0.717, 1.165) is 41.6 Å². The van der Waals surface area contributed by atoms with E-state index in [2.05, 4.69) is 20.7 Å². The van der Waals surface area contributed by atoms with Gasteiger partial charge in [-0.3, -0.25) is 4.79 Å². The molecule has 170 valence electrons. The first-order chi connectivity index (χ1) is 16.0. The molecule has 3 aromatic rings. The molecule has 2 fully saturated rings. The molecule has 9 nitrogen and oxygen atoms in total. The molecule has 1 amide bonds. The second kappa shape index (κ2) is 8.67. The maximum absolute atomic E-state index is 12.4. The largest absolute Gasteiger partial charge is 0.398 e. The number of amides is 1. The molecule has 1 atom stereocenters. The van der Waals surface area contributed by atoms with Crippen molar-refractivity contribution in [3.05, 3.63) is 53.1 Å². The van der Waals surface area contributed by atoms with Crippen LogP contribution in [0.25, 0.3) is 11.4 Å². The zero-order chi connectivity index (χ0) is 22.9. The van der Waals surface area contributed by atoms with Gasteiger partial charge in [-0.2, -0.15) is 4.98 Å². The number of hydrogen-bond acceptors (Lipinski definition) is 7. The number of carbonyl (C=O) groups excluding carboxylic acids is 1. The lowest BCUT2D eigenvalue weighted by Crippen LogP contribution is -2.34. The van der Waals surface area contributed by atoms with E-state index >= 15 is 0 Å². The first-order valence-corrected chi connectivity index (χ1v) is 11.1. The second-order valence-electron chi connectivity index (χ2n) is 8.57. The zero-order valence-corrected chi connectivity index (χ0v) is 18.5. The number of carbonyl (C=O) groups is 1. The van der Waals surface area contributed by atoms with E-state index in [1.807, 2.05) is 31.3 Å². The molecule has 1 aliphatic heterocycles. The summed E-state index contributed by atoms with van der Waals surface area (Å²) in [5.41, 5.74) is 10.9. The number of aryl methyl sites for hydroxylation is 1. The summed E-state index contributed by atoms with van der Waals surface area (Å²) in [7, 11) is 1.83. The predicted octanol–water partition coefficient (Wildman–Crippen LogP) is 3.20. The lowest BCUT2D eigenvalue weighted by atomic mass is 10.00. The van der Waals surface area contributed by atoms with Crippen LogP contribution in [0.1, 0.15) is 46.7 Å². The standard InChI is InChI=1S/C24H27N7O2/c1-31-24(28-20-9-8-19(26)18(12-25)21(20)14-2-3-14)29-22(30-31)15-4-6-16(7-5-15)23(32)27-17-10-11-33-13-17/h4-9,12,14,17,25H,2-3,10-11,13,26H2,1H3,(H,27,32)(H,28,29,30). The molecule has 0 radical (unpaired) electrons. The molecule has 1 saturated carbocycles. The summed E-state index contributed by atoms with van der Waals surface area (Å²) in [5, 5.41) is 18.7. The average Bonchev–Trinajstić information content (AvgIpc) is 3.41. The highest BCUT2D eigenvalue weighted by Gasteiger charge is 2.29. The first kappa shape index (κ1) is 21.1. The van der Waals surface area contributed by atoms with Crippen LogP contribution < -0.4 is 16.4 Å². The summed E-state index contributed by atoms with van der Waals surface area (Å²) in [5.74, 6) is 1.46. The van der Waals surface area contributed by atoms with Crippen molar-refractivity contribution in [1.82, 2.24) is 20.1 Å². The van der Waals surface area contributed by atoms with Gasteiger partial charge in [0, 0.05) is 47.9 Å². The van der Waals surface area contributed by atoms with Crippen LogP contribution in [0.2, 0.25) is 0 Å². The number of nitrogens with zero attached hydrogens (tertiary/aromatic N) is 3. The van der Waals surface area contributed by atoms with Crippen LogP contribution in [0.5, 0.6) is 0 Å². The van der Waals surface area contributed by atoms with Gasteiger partial charge in [0.1, 0.15) is 0 Å². The molecule has 2 aromatic carbocycles. The fraction of sp³-hybridized carbons (Fsp3) is 0.333. The van der Waals surface area contributed by atoms with Crippen molar-refractivity contribution in [2.24, 2.45) is 7.05 Å². The molecular weight excluding hydrogens is 418 g/mol. The SMILES string of the molecule is Cn1nc(-c2ccc(C(=O)NC3CCOC3)cc2)nc1Nc1ccc(N)c(C=N)c1C1CC1. The van der Waals surface area contributed by atoms with Gasteiger partial charge in [0.15, 0.2) is 5.82 Å². The Morgan fingerprint density at radius 2 is 2.00 bits per heavy atom. The van der Waals surface area contributed by atoms with Crippen LogP contribution in [0, 0.1) is 5.41 Å². The Hall–Kier alpha value is -3.72. The molecular formula is C24H27N7O2. The van der Waals surface area contributed by atoms with E-state index < -0.39 is 0 Å². The van der Waals surface area contributed by atoms with Gasteiger partial charge in [-0.25, -0.2) is 4.68 Å². The topological polar surface area (TPSA) is 131 Å². The summed E-state index contributed by atoms with van der Waals surface area (Å²) < 4.78 is 7.00. The lowest BCUT2D eigenvalue weighted by molar-refractivity contribution is 0.0930. The van der Waals surface area contributed by atoms with Gasteiger partial charge >= 0.3 is 0 Å². The quantitative estimate of drug-likeness (QED) is 0.326. The van der Waals surface area contributed by atoms with Crippen molar-refractivity contribution in [1.29, 1.82) is 5.41 Å². The van der Waals surface area contributed by atoms with Crippen molar-refractivity contribution < 1.29 is 9.53 Å². The number of nitrogens with one attached hydrogen (secondary N) is 3. The highest BCUT2D eigenvalue weighted by atomic mass is 16.5. The van der Waals surface area contributed by atoms with Gasteiger partial charge < -0.3 is 26.5 Å². The summed E-state index contributed by atoms with van der Waals surface area (Å²) >= 11 is 0. The number of rotatable bonds is 7. The molecule has 1 unspecified atom stereocenters. The Morgan fingerprint density at radius 3 is 2.67 bits per heavy atom. The third-order valence-electron chi connectivity index (χ3n) is 6.13. The van der Waals surface area contributed by atoms with Gasteiger partial charge in [-0.05, 0) is 55.0 Å². The molecule has 1 aliphatic carbocycles. The molecule has 5 rings (SSSR count). The van der Waals surface area contributed by atoms with Crippen LogP contribution in [-0.4, -0.2) is 46.1 Å². The van der Waals surface area contributed by atoms with Crippen LogP contribution in [0.3, 0.4) is 0 Å². The molecule has 9 heteroatoms. The smallest absolute Gasteiger partial charge is 0.251 e. The minimum absolute atomic E-state index is 0.0744. The average molecular weight is 446 g/mol. The van der Waals surface area contributed by atoms with E-state index in [4.69, 9.17) is 15.9 Å². The zero-order valence-electron chi connectivity index (χ0n) is 18.5. The number of hydrogen-bond donors (Lipinski definition) is 4. The molecule has 0 bridgehead atoms. The Morgan fingerprint density at radius 1 is 1.21 bits per heavy atom.